The van der Waals surface area contributed by atoms with E-state index in [2.05, 4.69) is 45.7 Å². The lowest BCUT2D eigenvalue weighted by molar-refractivity contribution is 0.245. The Morgan fingerprint density at radius 2 is 1.81 bits per heavy atom. The van der Waals surface area contributed by atoms with Gasteiger partial charge in [0.15, 0.2) is 5.11 Å². The molecular formula is C25H28N4OS. The summed E-state index contributed by atoms with van der Waals surface area (Å²) in [5.74, 6) is 0.282. The molecule has 3 heterocycles. The molecule has 0 amide bonds. The van der Waals surface area contributed by atoms with Gasteiger partial charge in [-0.05, 0) is 74.8 Å². The molecule has 1 aromatic carbocycles. The number of aromatic hydroxyl groups is 1. The molecule has 2 fully saturated rings. The number of rotatable bonds is 4. The van der Waals surface area contributed by atoms with Crippen molar-refractivity contribution in [3.8, 4) is 11.4 Å². The predicted molar refractivity (Wildman–Crippen MR) is 126 cm³/mol. The normalized spacial score (nSPS) is 21.6. The number of nitrogens with zero attached hydrogens (tertiary/aromatic N) is 3. The molecule has 3 aromatic rings. The number of phenols is 1. The fourth-order valence-corrected chi connectivity index (χ4v) is 5.77. The summed E-state index contributed by atoms with van der Waals surface area (Å²) >= 11 is 5.87. The van der Waals surface area contributed by atoms with Crippen LogP contribution in [0.2, 0.25) is 0 Å². The van der Waals surface area contributed by atoms with Gasteiger partial charge >= 0.3 is 0 Å². The van der Waals surface area contributed by atoms with Gasteiger partial charge in [0.25, 0.3) is 0 Å². The molecule has 160 valence electrons. The van der Waals surface area contributed by atoms with Crippen LogP contribution in [0.3, 0.4) is 0 Å². The molecule has 0 unspecified atom stereocenters. The van der Waals surface area contributed by atoms with Crippen LogP contribution in [0, 0.1) is 13.8 Å². The number of hydrogen-bond donors (Lipinski definition) is 2. The number of benzene rings is 1. The zero-order valence-corrected chi connectivity index (χ0v) is 18.8. The first-order valence-electron chi connectivity index (χ1n) is 11.0. The van der Waals surface area contributed by atoms with E-state index in [1.165, 1.54) is 31.2 Å². The maximum absolute atomic E-state index is 10.5. The third-order valence-electron chi connectivity index (χ3n) is 6.76. The van der Waals surface area contributed by atoms with Crippen molar-refractivity contribution in [2.75, 3.05) is 0 Å². The van der Waals surface area contributed by atoms with E-state index >= 15 is 0 Å². The maximum atomic E-state index is 10.5. The third kappa shape index (κ3) is 3.39. The van der Waals surface area contributed by atoms with E-state index in [0.29, 0.717) is 6.04 Å². The highest BCUT2D eigenvalue weighted by atomic mass is 32.1. The molecule has 1 aliphatic carbocycles. The van der Waals surface area contributed by atoms with Crippen LogP contribution >= 0.6 is 12.2 Å². The fraction of sp³-hybridized carbons (Fsp3) is 0.360. The lowest BCUT2D eigenvalue weighted by atomic mass is 9.95. The van der Waals surface area contributed by atoms with Gasteiger partial charge in [-0.3, -0.25) is 4.98 Å². The topological polar surface area (TPSA) is 53.3 Å². The molecule has 5 rings (SSSR count). The molecule has 0 bridgehead atoms. The number of hydrogen-bond acceptors (Lipinski definition) is 3. The molecule has 1 aliphatic heterocycles. The van der Waals surface area contributed by atoms with Gasteiger partial charge in [0.05, 0.1) is 23.5 Å². The van der Waals surface area contributed by atoms with Crippen LogP contribution in [0.25, 0.3) is 5.69 Å². The van der Waals surface area contributed by atoms with Crippen LogP contribution in [0.4, 0.5) is 0 Å². The standard InChI is InChI=1S/C25H28N4OS/c1-16-15-19(17(2)28(16)21-12-5-6-13-22(21)30)24-23(20-11-7-8-14-26-20)27-25(31)29(24)18-9-3-4-10-18/h5-8,11-15,18,23-24,30H,3-4,9-10H2,1-2H3,(H,27,31)/t23-,24-/m0/s1. The van der Waals surface area contributed by atoms with Gasteiger partial charge in [0.2, 0.25) is 0 Å². The largest absolute Gasteiger partial charge is 0.506 e. The summed E-state index contributed by atoms with van der Waals surface area (Å²) in [6.07, 6.45) is 6.70. The smallest absolute Gasteiger partial charge is 0.170 e. The molecular weight excluding hydrogens is 404 g/mol. The Hall–Kier alpha value is -2.86. The zero-order chi connectivity index (χ0) is 21.5. The molecule has 2 atom stereocenters. The molecule has 31 heavy (non-hydrogen) atoms. The van der Waals surface area contributed by atoms with E-state index in [0.717, 1.165) is 27.9 Å². The highest BCUT2D eigenvalue weighted by molar-refractivity contribution is 7.80. The van der Waals surface area contributed by atoms with Gasteiger partial charge in [0, 0.05) is 23.6 Å². The second kappa shape index (κ2) is 8.00. The molecule has 2 aromatic heterocycles. The summed E-state index contributed by atoms with van der Waals surface area (Å²) in [6.45, 7) is 4.23. The second-order valence-corrected chi connectivity index (χ2v) is 9.01. The van der Waals surface area contributed by atoms with E-state index in [1.807, 2.05) is 36.5 Å². The minimum atomic E-state index is -0.00683. The maximum Gasteiger partial charge on any atom is 0.170 e. The van der Waals surface area contributed by atoms with E-state index in [-0.39, 0.29) is 17.8 Å². The van der Waals surface area contributed by atoms with Crippen molar-refractivity contribution < 1.29 is 5.11 Å². The van der Waals surface area contributed by atoms with Crippen molar-refractivity contribution in [2.45, 2.75) is 57.7 Å². The highest BCUT2D eigenvalue weighted by Crippen LogP contribution is 2.45. The molecule has 6 heteroatoms. The minimum absolute atomic E-state index is 0.00683. The number of aromatic nitrogens is 2. The van der Waals surface area contributed by atoms with E-state index in [9.17, 15) is 5.11 Å². The summed E-state index contributed by atoms with van der Waals surface area (Å²) < 4.78 is 2.15. The van der Waals surface area contributed by atoms with Gasteiger partial charge in [-0.15, -0.1) is 0 Å². The summed E-state index contributed by atoms with van der Waals surface area (Å²) in [6, 6.07) is 16.3. The Morgan fingerprint density at radius 1 is 1.06 bits per heavy atom. The first-order valence-corrected chi connectivity index (χ1v) is 11.4. The molecule has 0 spiro atoms. The van der Waals surface area contributed by atoms with Gasteiger partial charge in [-0.25, -0.2) is 0 Å². The first kappa shape index (κ1) is 20.1. The lowest BCUT2D eigenvalue weighted by Gasteiger charge is -2.33. The molecule has 2 aliphatic rings. The number of pyridine rings is 1. The Labute approximate surface area is 188 Å². The third-order valence-corrected chi connectivity index (χ3v) is 7.09. The number of phenolic OH excluding ortho intramolecular Hbond substituents is 1. The second-order valence-electron chi connectivity index (χ2n) is 8.62. The summed E-state index contributed by atoms with van der Waals surface area (Å²) in [5, 5.41) is 14.9. The Balaban J connectivity index is 1.65. The summed E-state index contributed by atoms with van der Waals surface area (Å²) in [5.41, 5.74) is 5.26. The van der Waals surface area contributed by atoms with E-state index < -0.39 is 0 Å². The lowest BCUT2D eigenvalue weighted by Crippen LogP contribution is -2.37. The molecule has 1 saturated carbocycles. The van der Waals surface area contributed by atoms with Crippen molar-refractivity contribution in [3.63, 3.8) is 0 Å². The van der Waals surface area contributed by atoms with Crippen LogP contribution in [-0.4, -0.2) is 30.7 Å². The number of para-hydroxylation sites is 2. The minimum Gasteiger partial charge on any atom is -0.506 e. The fourth-order valence-electron chi connectivity index (χ4n) is 5.38. The summed E-state index contributed by atoms with van der Waals surface area (Å²) in [4.78, 5) is 7.10. The van der Waals surface area contributed by atoms with Gasteiger partial charge < -0.3 is 19.9 Å². The quantitative estimate of drug-likeness (QED) is 0.561. The number of nitrogens with one attached hydrogen (secondary N) is 1. The van der Waals surface area contributed by atoms with E-state index in [4.69, 9.17) is 12.2 Å². The van der Waals surface area contributed by atoms with Crippen LogP contribution in [0.1, 0.15) is 60.4 Å². The van der Waals surface area contributed by atoms with Crippen molar-refractivity contribution in [2.24, 2.45) is 0 Å². The van der Waals surface area contributed by atoms with Crippen LogP contribution in [0.5, 0.6) is 5.75 Å². The number of thiocarbonyl (C=S) groups is 1. The first-order chi connectivity index (χ1) is 15.1. The summed E-state index contributed by atoms with van der Waals surface area (Å²) in [7, 11) is 0. The Kier molecular flexibility index (Phi) is 5.18. The molecule has 1 saturated heterocycles. The van der Waals surface area contributed by atoms with Gasteiger partial charge in [-0.1, -0.05) is 31.0 Å². The van der Waals surface area contributed by atoms with Crippen molar-refractivity contribution in [1.29, 1.82) is 0 Å². The van der Waals surface area contributed by atoms with Crippen molar-refractivity contribution >= 4 is 17.3 Å². The predicted octanol–water partition coefficient (Wildman–Crippen LogP) is 5.11. The van der Waals surface area contributed by atoms with Crippen molar-refractivity contribution in [1.82, 2.24) is 19.8 Å². The number of aryl methyl sites for hydroxylation is 1. The van der Waals surface area contributed by atoms with Crippen LogP contribution < -0.4 is 5.32 Å². The van der Waals surface area contributed by atoms with Gasteiger partial charge in [0.1, 0.15) is 5.75 Å². The van der Waals surface area contributed by atoms with Gasteiger partial charge in [-0.2, -0.15) is 0 Å². The zero-order valence-electron chi connectivity index (χ0n) is 18.0. The van der Waals surface area contributed by atoms with Crippen molar-refractivity contribution in [3.05, 3.63) is 77.4 Å². The Bertz CT molecular complexity index is 1100. The SMILES string of the molecule is Cc1cc([C@H]2[C@H](c3ccccn3)NC(=S)N2C2CCCC2)c(C)n1-c1ccccc1O. The highest BCUT2D eigenvalue weighted by Gasteiger charge is 2.44. The molecule has 2 N–H and O–H groups in total. The average molecular weight is 433 g/mol. The molecule has 5 nitrogen and oxygen atoms in total. The van der Waals surface area contributed by atoms with Crippen LogP contribution in [-0.2, 0) is 0 Å². The molecule has 0 radical (unpaired) electrons. The average Bonchev–Trinajstić information content (AvgIpc) is 3.47. The Morgan fingerprint density at radius 3 is 2.52 bits per heavy atom. The van der Waals surface area contributed by atoms with Crippen LogP contribution in [0.15, 0.2) is 54.7 Å². The monoisotopic (exact) mass is 432 g/mol. The van der Waals surface area contributed by atoms with E-state index in [1.54, 1.807) is 6.07 Å².